The van der Waals surface area contributed by atoms with Gasteiger partial charge < -0.3 is 14.8 Å². The zero-order chi connectivity index (χ0) is 17.6. The Labute approximate surface area is 149 Å². The highest BCUT2D eigenvalue weighted by molar-refractivity contribution is 5.95. The molecule has 1 N–H and O–H groups in total. The molecule has 4 heteroatoms. The van der Waals surface area contributed by atoms with E-state index in [1.807, 2.05) is 62.4 Å². The van der Waals surface area contributed by atoms with Gasteiger partial charge in [0.05, 0.1) is 19.3 Å². The zero-order valence-electron chi connectivity index (χ0n) is 14.8. The van der Waals surface area contributed by atoms with E-state index >= 15 is 0 Å². The van der Waals surface area contributed by atoms with Gasteiger partial charge in [0.2, 0.25) is 0 Å². The van der Waals surface area contributed by atoms with Gasteiger partial charge in [-0.2, -0.15) is 0 Å². The van der Waals surface area contributed by atoms with Gasteiger partial charge in [0.1, 0.15) is 6.10 Å². The van der Waals surface area contributed by atoms with Crippen molar-refractivity contribution < 1.29 is 14.3 Å². The Hall–Kier alpha value is -2.17. The summed E-state index contributed by atoms with van der Waals surface area (Å²) in [6, 6.07) is 15.9. The Bertz CT molecular complexity index is 714. The predicted molar refractivity (Wildman–Crippen MR) is 97.6 cm³/mol. The van der Waals surface area contributed by atoms with Gasteiger partial charge in [0.25, 0.3) is 5.91 Å². The summed E-state index contributed by atoms with van der Waals surface area (Å²) >= 11 is 0. The minimum atomic E-state index is -0.135. The van der Waals surface area contributed by atoms with E-state index in [1.54, 1.807) is 0 Å². The minimum Gasteiger partial charge on any atom is -0.379 e. The topological polar surface area (TPSA) is 47.6 Å². The first-order valence-corrected chi connectivity index (χ1v) is 8.75. The van der Waals surface area contributed by atoms with Crippen molar-refractivity contribution in [2.45, 2.75) is 39.0 Å². The fraction of sp³-hybridized carbons (Fsp3) is 0.381. The number of hydrogen-bond donors (Lipinski definition) is 1. The molecular formula is C21H25NO3. The predicted octanol–water partition coefficient (Wildman–Crippen LogP) is 3.41. The average molecular weight is 339 g/mol. The van der Waals surface area contributed by atoms with Crippen LogP contribution in [-0.4, -0.2) is 31.3 Å². The van der Waals surface area contributed by atoms with Gasteiger partial charge in [0.15, 0.2) is 0 Å². The quantitative estimate of drug-likeness (QED) is 0.908. The minimum absolute atomic E-state index is 0.0364. The number of amides is 1. The molecule has 0 saturated carbocycles. The van der Waals surface area contributed by atoms with Crippen LogP contribution in [0.15, 0.2) is 48.5 Å². The Morgan fingerprint density at radius 3 is 2.76 bits per heavy atom. The fourth-order valence-corrected chi connectivity index (χ4v) is 3.13. The smallest absolute Gasteiger partial charge is 0.251 e. The summed E-state index contributed by atoms with van der Waals surface area (Å²) in [5.41, 5.74) is 3.99. The lowest BCUT2D eigenvalue weighted by atomic mass is 10.0. The molecule has 1 amide bonds. The monoisotopic (exact) mass is 339 g/mol. The molecule has 2 unspecified atom stereocenters. The molecule has 0 aromatic heterocycles. The fourth-order valence-electron chi connectivity index (χ4n) is 3.13. The number of hydrogen-bond acceptors (Lipinski definition) is 3. The first kappa shape index (κ1) is 17.6. The third-order valence-electron chi connectivity index (χ3n) is 4.55. The molecule has 2 aromatic rings. The van der Waals surface area contributed by atoms with E-state index in [0.29, 0.717) is 19.8 Å². The van der Waals surface area contributed by atoms with Crippen LogP contribution in [-0.2, 0) is 16.1 Å². The largest absolute Gasteiger partial charge is 0.379 e. The molecule has 1 aliphatic rings. The van der Waals surface area contributed by atoms with Crippen molar-refractivity contribution in [2.24, 2.45) is 0 Å². The molecule has 3 rings (SSSR count). The summed E-state index contributed by atoms with van der Waals surface area (Å²) in [6.07, 6.45) is 0.625. The van der Waals surface area contributed by atoms with Crippen LogP contribution in [0.3, 0.4) is 0 Å². The second-order valence-corrected chi connectivity index (χ2v) is 6.60. The molecule has 0 bridgehead atoms. The van der Waals surface area contributed by atoms with Crippen LogP contribution in [0.1, 0.15) is 33.5 Å². The molecule has 4 nitrogen and oxygen atoms in total. The first-order chi connectivity index (χ1) is 12.1. The van der Waals surface area contributed by atoms with Crippen LogP contribution in [0.25, 0.3) is 0 Å². The van der Waals surface area contributed by atoms with Crippen molar-refractivity contribution >= 4 is 5.91 Å². The molecule has 1 heterocycles. The van der Waals surface area contributed by atoms with Crippen molar-refractivity contribution in [1.29, 1.82) is 0 Å². The van der Waals surface area contributed by atoms with Crippen molar-refractivity contribution in [3.05, 3.63) is 70.8 Å². The van der Waals surface area contributed by atoms with E-state index < -0.39 is 0 Å². The normalized spacial score (nSPS) is 20.2. The van der Waals surface area contributed by atoms with E-state index in [0.717, 1.165) is 28.7 Å². The van der Waals surface area contributed by atoms with Gasteiger partial charge in [-0.05, 0) is 37.5 Å². The lowest BCUT2D eigenvalue weighted by Crippen LogP contribution is -2.50. The molecule has 132 valence electrons. The summed E-state index contributed by atoms with van der Waals surface area (Å²) in [7, 11) is 0. The number of rotatable bonds is 5. The number of nitrogens with one attached hydrogen (secondary N) is 1. The molecular weight excluding hydrogens is 314 g/mol. The van der Waals surface area contributed by atoms with Gasteiger partial charge in [0, 0.05) is 12.2 Å². The van der Waals surface area contributed by atoms with E-state index in [4.69, 9.17) is 9.47 Å². The van der Waals surface area contributed by atoms with Crippen molar-refractivity contribution in [1.82, 2.24) is 5.32 Å². The molecule has 1 fully saturated rings. The Balaban J connectivity index is 1.63. The zero-order valence-corrected chi connectivity index (χ0v) is 14.8. The Morgan fingerprint density at radius 2 is 2.00 bits per heavy atom. The van der Waals surface area contributed by atoms with E-state index in [9.17, 15) is 4.79 Å². The van der Waals surface area contributed by atoms with Crippen LogP contribution in [0.2, 0.25) is 0 Å². The molecule has 1 aliphatic heterocycles. The second-order valence-electron chi connectivity index (χ2n) is 6.60. The number of carbonyl (C=O) groups excluding carboxylic acids is 1. The molecule has 0 aliphatic carbocycles. The maximum atomic E-state index is 12.7. The van der Waals surface area contributed by atoms with Crippen LogP contribution in [0.5, 0.6) is 0 Å². The Kier molecular flexibility index (Phi) is 5.84. The van der Waals surface area contributed by atoms with Gasteiger partial charge in [-0.3, -0.25) is 4.79 Å². The SMILES string of the molecule is Cc1ccc(C(=O)NC2CCOCC2OCc2ccccc2)c(C)c1. The number of ether oxygens (including phenoxy) is 2. The summed E-state index contributed by atoms with van der Waals surface area (Å²) in [5, 5.41) is 3.14. The van der Waals surface area contributed by atoms with Crippen molar-refractivity contribution in [3.63, 3.8) is 0 Å². The third kappa shape index (κ3) is 4.68. The number of benzene rings is 2. The van der Waals surface area contributed by atoms with E-state index in [1.165, 1.54) is 0 Å². The first-order valence-electron chi connectivity index (χ1n) is 8.75. The number of carbonyl (C=O) groups is 1. The molecule has 0 spiro atoms. The number of aryl methyl sites for hydroxylation is 2. The highest BCUT2D eigenvalue weighted by Crippen LogP contribution is 2.16. The molecule has 2 aromatic carbocycles. The van der Waals surface area contributed by atoms with Crippen molar-refractivity contribution in [2.75, 3.05) is 13.2 Å². The van der Waals surface area contributed by atoms with Crippen LogP contribution in [0.4, 0.5) is 0 Å². The molecule has 2 atom stereocenters. The Morgan fingerprint density at radius 1 is 1.20 bits per heavy atom. The molecule has 1 saturated heterocycles. The van der Waals surface area contributed by atoms with Crippen LogP contribution >= 0.6 is 0 Å². The average Bonchev–Trinajstić information content (AvgIpc) is 2.61. The molecule has 25 heavy (non-hydrogen) atoms. The van der Waals surface area contributed by atoms with Gasteiger partial charge >= 0.3 is 0 Å². The lowest BCUT2D eigenvalue weighted by Gasteiger charge is -2.32. The lowest BCUT2D eigenvalue weighted by molar-refractivity contribution is -0.0736. The van der Waals surface area contributed by atoms with Gasteiger partial charge in [-0.15, -0.1) is 0 Å². The third-order valence-corrected chi connectivity index (χ3v) is 4.55. The van der Waals surface area contributed by atoms with Crippen LogP contribution in [0, 0.1) is 13.8 Å². The summed E-state index contributed by atoms with van der Waals surface area (Å²) in [6.45, 7) is 5.66. The van der Waals surface area contributed by atoms with E-state index in [2.05, 4.69) is 5.32 Å². The maximum absolute atomic E-state index is 12.7. The van der Waals surface area contributed by atoms with Gasteiger partial charge in [-0.25, -0.2) is 0 Å². The maximum Gasteiger partial charge on any atom is 0.251 e. The van der Waals surface area contributed by atoms with Gasteiger partial charge in [-0.1, -0.05) is 48.0 Å². The molecule has 0 radical (unpaired) electrons. The highest BCUT2D eigenvalue weighted by atomic mass is 16.5. The standard InChI is InChI=1S/C21H25NO3/c1-15-8-9-18(16(2)12-15)21(23)22-19-10-11-24-14-20(19)25-13-17-6-4-3-5-7-17/h3-9,12,19-20H,10-11,13-14H2,1-2H3,(H,22,23). The summed E-state index contributed by atoms with van der Waals surface area (Å²) < 4.78 is 11.6. The summed E-state index contributed by atoms with van der Waals surface area (Å²) in [5.74, 6) is -0.0438. The summed E-state index contributed by atoms with van der Waals surface area (Å²) in [4.78, 5) is 12.7. The second kappa shape index (κ2) is 8.28. The van der Waals surface area contributed by atoms with E-state index in [-0.39, 0.29) is 18.1 Å². The van der Waals surface area contributed by atoms with Crippen LogP contribution < -0.4 is 5.32 Å². The highest BCUT2D eigenvalue weighted by Gasteiger charge is 2.28. The van der Waals surface area contributed by atoms with Crippen molar-refractivity contribution in [3.8, 4) is 0 Å².